The first-order valence-corrected chi connectivity index (χ1v) is 9.61. The van der Waals surface area contributed by atoms with Crippen LogP contribution >= 0.6 is 0 Å². The van der Waals surface area contributed by atoms with Crippen LogP contribution in [0.4, 0.5) is 11.6 Å². The summed E-state index contributed by atoms with van der Waals surface area (Å²) in [6.07, 6.45) is 1.30. The second kappa shape index (κ2) is 8.12. The highest BCUT2D eigenvalue weighted by Crippen LogP contribution is 2.32. The third-order valence-corrected chi connectivity index (χ3v) is 4.93. The molecule has 31 heavy (non-hydrogen) atoms. The number of aromatic nitrogens is 4. The van der Waals surface area contributed by atoms with Gasteiger partial charge in [0.05, 0.1) is 17.4 Å². The Morgan fingerprint density at radius 1 is 1.16 bits per heavy atom. The van der Waals surface area contributed by atoms with Gasteiger partial charge < -0.3 is 16.4 Å². The van der Waals surface area contributed by atoms with Gasteiger partial charge in [-0.15, -0.1) is 0 Å². The molecule has 1 aromatic carbocycles. The molecule has 154 valence electrons. The molecule has 0 spiro atoms. The lowest BCUT2D eigenvalue weighted by Crippen LogP contribution is -2.21. The summed E-state index contributed by atoms with van der Waals surface area (Å²) in [6.45, 7) is 1.91. The molecule has 9 heteroatoms. The highest BCUT2D eigenvalue weighted by molar-refractivity contribution is 5.94. The molecule has 1 amide bonds. The summed E-state index contributed by atoms with van der Waals surface area (Å²) in [5.41, 5.74) is 9.46. The summed E-state index contributed by atoms with van der Waals surface area (Å²) >= 11 is 0. The minimum Gasteiger partial charge on any atom is -0.382 e. The smallest absolute Gasteiger partial charge is 0.268 e. The van der Waals surface area contributed by atoms with Gasteiger partial charge in [0.1, 0.15) is 40.9 Å². The van der Waals surface area contributed by atoms with E-state index < -0.39 is 0 Å². The number of pyridine rings is 1. The zero-order valence-corrected chi connectivity index (χ0v) is 17.0. The number of carbonyl (C=O) groups is 1. The van der Waals surface area contributed by atoms with Crippen molar-refractivity contribution < 1.29 is 4.79 Å². The molecule has 3 heterocycles. The van der Waals surface area contributed by atoms with Gasteiger partial charge in [-0.2, -0.15) is 5.26 Å². The molecular formula is C22H20N8O. The number of hydrogen-bond donors (Lipinski definition) is 3. The lowest BCUT2D eigenvalue weighted by atomic mass is 10.1. The van der Waals surface area contributed by atoms with Gasteiger partial charge in [-0.3, -0.25) is 9.20 Å². The Kier molecular flexibility index (Phi) is 5.20. The van der Waals surface area contributed by atoms with Gasteiger partial charge in [0.2, 0.25) is 0 Å². The van der Waals surface area contributed by atoms with Gasteiger partial charge in [0, 0.05) is 12.6 Å². The Morgan fingerprint density at radius 2 is 1.94 bits per heavy atom. The van der Waals surface area contributed by atoms with Gasteiger partial charge in [-0.1, -0.05) is 36.4 Å². The predicted molar refractivity (Wildman–Crippen MR) is 117 cm³/mol. The van der Waals surface area contributed by atoms with E-state index in [1.807, 2.05) is 53.8 Å². The molecule has 9 nitrogen and oxygen atoms in total. The number of nitriles is 1. The molecular weight excluding hydrogens is 392 g/mol. The average Bonchev–Trinajstić information content (AvgIpc) is 3.19. The Hall–Kier alpha value is -4.45. The second-order valence-corrected chi connectivity index (χ2v) is 6.86. The van der Waals surface area contributed by atoms with Crippen LogP contribution in [-0.2, 0) is 0 Å². The van der Waals surface area contributed by atoms with E-state index in [-0.39, 0.29) is 23.3 Å². The van der Waals surface area contributed by atoms with Crippen molar-refractivity contribution in [2.24, 2.45) is 0 Å². The first kappa shape index (κ1) is 19.8. The number of nitrogens with two attached hydrogens (primary N) is 1. The monoisotopic (exact) mass is 412 g/mol. The van der Waals surface area contributed by atoms with E-state index in [0.29, 0.717) is 22.9 Å². The average molecular weight is 412 g/mol. The molecule has 1 atom stereocenters. The summed E-state index contributed by atoms with van der Waals surface area (Å²) in [7, 11) is 1.59. The highest BCUT2D eigenvalue weighted by Gasteiger charge is 2.23. The van der Waals surface area contributed by atoms with Crippen LogP contribution in [0.5, 0.6) is 0 Å². The summed E-state index contributed by atoms with van der Waals surface area (Å²) in [4.78, 5) is 25.4. The van der Waals surface area contributed by atoms with E-state index in [4.69, 9.17) is 10.7 Å². The van der Waals surface area contributed by atoms with Crippen LogP contribution in [0, 0.1) is 11.3 Å². The molecule has 4 aromatic rings. The van der Waals surface area contributed by atoms with E-state index in [2.05, 4.69) is 20.6 Å². The fraction of sp³-hybridized carbons (Fsp3) is 0.136. The molecule has 3 aromatic heterocycles. The Balaban J connectivity index is 1.91. The summed E-state index contributed by atoms with van der Waals surface area (Å²) < 4.78 is 1.83. The lowest BCUT2D eigenvalue weighted by molar-refractivity contribution is 0.0957. The zero-order chi connectivity index (χ0) is 22.0. The Morgan fingerprint density at radius 3 is 2.65 bits per heavy atom. The molecule has 0 aliphatic heterocycles. The second-order valence-electron chi connectivity index (χ2n) is 6.86. The van der Waals surface area contributed by atoms with Gasteiger partial charge in [0.25, 0.3) is 5.91 Å². The number of nitrogens with zero attached hydrogens (tertiary/aromatic N) is 5. The predicted octanol–water partition coefficient (Wildman–Crippen LogP) is 2.78. The quantitative estimate of drug-likeness (QED) is 0.459. The first-order chi connectivity index (χ1) is 15.0. The van der Waals surface area contributed by atoms with Crippen molar-refractivity contribution in [2.45, 2.75) is 13.0 Å². The molecule has 0 aliphatic rings. The number of benzene rings is 1. The Labute approximate surface area is 178 Å². The van der Waals surface area contributed by atoms with Crippen LogP contribution < -0.4 is 16.4 Å². The number of fused-ring (bicyclic) bond motifs is 1. The van der Waals surface area contributed by atoms with E-state index in [0.717, 1.165) is 11.3 Å². The van der Waals surface area contributed by atoms with Crippen molar-refractivity contribution in [3.63, 3.8) is 0 Å². The summed E-state index contributed by atoms with van der Waals surface area (Å²) in [6, 6.07) is 16.8. The molecule has 0 fully saturated rings. The number of nitrogens with one attached hydrogen (secondary N) is 2. The number of rotatable bonds is 5. The molecule has 1 unspecified atom stereocenters. The largest absolute Gasteiger partial charge is 0.382 e. The van der Waals surface area contributed by atoms with Crippen LogP contribution in [0.25, 0.3) is 16.9 Å². The van der Waals surface area contributed by atoms with Gasteiger partial charge in [0.15, 0.2) is 0 Å². The number of anilines is 2. The maximum Gasteiger partial charge on any atom is 0.268 e. The normalized spacial score (nSPS) is 11.6. The molecule has 4 rings (SSSR count). The van der Waals surface area contributed by atoms with E-state index in [9.17, 15) is 10.1 Å². The first-order valence-electron chi connectivity index (χ1n) is 9.61. The number of carbonyl (C=O) groups excluding carboxylic acids is 1. The van der Waals surface area contributed by atoms with Crippen molar-refractivity contribution in [2.75, 3.05) is 18.1 Å². The maximum atomic E-state index is 12.6. The van der Waals surface area contributed by atoms with Crippen molar-refractivity contribution in [1.29, 1.82) is 5.26 Å². The van der Waals surface area contributed by atoms with Crippen molar-refractivity contribution in [3.8, 4) is 17.3 Å². The fourth-order valence-corrected chi connectivity index (χ4v) is 3.48. The summed E-state index contributed by atoms with van der Waals surface area (Å²) in [5, 5.41) is 15.3. The molecule has 4 N–H and O–H groups in total. The van der Waals surface area contributed by atoms with Crippen molar-refractivity contribution in [1.82, 2.24) is 24.7 Å². The highest BCUT2D eigenvalue weighted by atomic mass is 16.1. The number of imidazole rings is 1. The molecule has 0 saturated carbocycles. The zero-order valence-electron chi connectivity index (χ0n) is 17.0. The molecule has 0 radical (unpaired) electrons. The Bertz CT molecular complexity index is 1310. The van der Waals surface area contributed by atoms with Gasteiger partial charge in [-0.25, -0.2) is 15.0 Å². The minimum atomic E-state index is -0.353. The molecule has 0 aliphatic carbocycles. The van der Waals surface area contributed by atoms with Crippen LogP contribution in [0.15, 0.2) is 54.9 Å². The van der Waals surface area contributed by atoms with E-state index >= 15 is 0 Å². The molecule has 0 saturated heterocycles. The van der Waals surface area contributed by atoms with Crippen LogP contribution in [-0.4, -0.2) is 32.3 Å². The van der Waals surface area contributed by atoms with E-state index in [1.54, 1.807) is 19.2 Å². The van der Waals surface area contributed by atoms with Crippen LogP contribution in [0.2, 0.25) is 0 Å². The fourth-order valence-electron chi connectivity index (χ4n) is 3.48. The standard InChI is InChI=1S/C22H20N8O/c1-13(28-21-15(11-23)20(24)26-12-27-21)18-19(14-7-4-3-5-8-14)30-16(22(31)25-2)9-6-10-17(30)29-18/h3-10,12-13H,1-2H3,(H,25,31)(H3,24,26,27,28). The third-order valence-electron chi connectivity index (χ3n) is 4.93. The summed E-state index contributed by atoms with van der Waals surface area (Å²) in [5.74, 6) is 0.208. The number of nitrogen functional groups attached to an aromatic ring is 1. The van der Waals surface area contributed by atoms with Crippen LogP contribution in [0.1, 0.15) is 34.7 Å². The third kappa shape index (κ3) is 3.51. The molecule has 0 bridgehead atoms. The maximum absolute atomic E-state index is 12.6. The van der Waals surface area contributed by atoms with Gasteiger partial charge >= 0.3 is 0 Å². The lowest BCUT2D eigenvalue weighted by Gasteiger charge is -2.16. The van der Waals surface area contributed by atoms with Crippen molar-refractivity contribution in [3.05, 3.63) is 71.8 Å². The topological polar surface area (TPSA) is 134 Å². The van der Waals surface area contributed by atoms with Crippen LogP contribution in [0.3, 0.4) is 0 Å². The van der Waals surface area contributed by atoms with Gasteiger partial charge in [-0.05, 0) is 19.1 Å². The van der Waals surface area contributed by atoms with E-state index in [1.165, 1.54) is 6.33 Å². The minimum absolute atomic E-state index is 0.104. The van der Waals surface area contributed by atoms with Crippen molar-refractivity contribution >= 4 is 23.2 Å². The number of amides is 1. The SMILES string of the molecule is CNC(=O)c1cccc2nc(C(C)Nc3ncnc(N)c3C#N)c(-c3ccccc3)n12. The number of hydrogen-bond acceptors (Lipinski definition) is 7.